The van der Waals surface area contributed by atoms with Gasteiger partial charge in [-0.2, -0.15) is 0 Å². The average molecular weight is 339 g/mol. The van der Waals surface area contributed by atoms with Crippen LogP contribution in [0.3, 0.4) is 0 Å². The monoisotopic (exact) mass is 338 g/mol. The van der Waals surface area contributed by atoms with Gasteiger partial charge in [-0.05, 0) is 49.8 Å². The molecular weight excluding hydrogens is 312 g/mol. The summed E-state index contributed by atoms with van der Waals surface area (Å²) in [6.07, 6.45) is 6.35. The van der Waals surface area contributed by atoms with E-state index in [0.717, 1.165) is 12.3 Å². The summed E-state index contributed by atoms with van der Waals surface area (Å²) < 4.78 is 1.18. The van der Waals surface area contributed by atoms with E-state index in [0.29, 0.717) is 6.04 Å². The van der Waals surface area contributed by atoms with Gasteiger partial charge in [0, 0.05) is 29.3 Å². The zero-order valence-corrected chi connectivity index (χ0v) is 14.5. The Morgan fingerprint density at radius 3 is 2.65 bits per heavy atom. The van der Waals surface area contributed by atoms with Crippen molar-refractivity contribution in [1.82, 2.24) is 0 Å². The van der Waals surface area contributed by atoms with Crippen molar-refractivity contribution < 1.29 is 0 Å². The largest absolute Gasteiger partial charge is 0.371 e. The molecule has 3 heteroatoms. The molecule has 0 bridgehead atoms. The van der Waals surface area contributed by atoms with Crippen molar-refractivity contribution >= 4 is 21.6 Å². The van der Waals surface area contributed by atoms with Crippen molar-refractivity contribution in [2.45, 2.75) is 58.0 Å². The van der Waals surface area contributed by atoms with Gasteiger partial charge in [-0.1, -0.05) is 41.8 Å². The van der Waals surface area contributed by atoms with E-state index in [9.17, 15) is 0 Å². The number of rotatable bonds is 4. The minimum Gasteiger partial charge on any atom is -0.371 e. The normalized spacial score (nSPS) is 24.4. The smallest absolute Gasteiger partial charge is 0.0377 e. The van der Waals surface area contributed by atoms with Gasteiger partial charge in [0.15, 0.2) is 0 Å². The summed E-state index contributed by atoms with van der Waals surface area (Å²) in [6.45, 7) is 4.44. The number of nitrogens with zero attached hydrogens (tertiary/aromatic N) is 1. The van der Waals surface area contributed by atoms with Crippen LogP contribution in [0.25, 0.3) is 0 Å². The van der Waals surface area contributed by atoms with Gasteiger partial charge in [0.05, 0.1) is 0 Å². The maximum Gasteiger partial charge on any atom is 0.0377 e. The van der Waals surface area contributed by atoms with E-state index >= 15 is 0 Å². The summed E-state index contributed by atoms with van der Waals surface area (Å²) in [5.74, 6) is 0.788. The Morgan fingerprint density at radius 2 is 2.05 bits per heavy atom. The molecule has 2 N–H and O–H groups in total. The second kappa shape index (κ2) is 6.95. The van der Waals surface area contributed by atoms with Gasteiger partial charge in [0.25, 0.3) is 0 Å². The van der Waals surface area contributed by atoms with Gasteiger partial charge in [0.2, 0.25) is 0 Å². The van der Waals surface area contributed by atoms with E-state index in [1.807, 2.05) is 0 Å². The number of nitrogens with two attached hydrogens (primary N) is 1. The first-order valence-corrected chi connectivity index (χ1v) is 8.55. The molecule has 0 saturated heterocycles. The number of hydrogen-bond donors (Lipinski definition) is 1. The van der Waals surface area contributed by atoms with E-state index < -0.39 is 0 Å². The first-order chi connectivity index (χ1) is 9.49. The third-order valence-corrected chi connectivity index (χ3v) is 5.29. The zero-order chi connectivity index (χ0) is 14.7. The molecule has 1 aromatic carbocycles. The molecular formula is C17H27BrN2. The number of halogens is 1. The Hall–Kier alpha value is -0.540. The fraction of sp³-hybridized carbons (Fsp3) is 0.647. The maximum atomic E-state index is 5.90. The summed E-state index contributed by atoms with van der Waals surface area (Å²) in [4.78, 5) is 2.46. The summed E-state index contributed by atoms with van der Waals surface area (Å²) in [5, 5.41) is 0. The number of benzene rings is 1. The molecule has 0 heterocycles. The van der Waals surface area contributed by atoms with Crippen LogP contribution in [-0.4, -0.2) is 19.1 Å². The molecule has 112 valence electrons. The maximum absolute atomic E-state index is 5.90. The quantitative estimate of drug-likeness (QED) is 0.883. The summed E-state index contributed by atoms with van der Waals surface area (Å²) >= 11 is 3.70. The zero-order valence-electron chi connectivity index (χ0n) is 12.9. The van der Waals surface area contributed by atoms with Crippen LogP contribution in [0.4, 0.5) is 5.69 Å². The van der Waals surface area contributed by atoms with Crippen LogP contribution in [0.2, 0.25) is 0 Å². The molecule has 1 aromatic rings. The van der Waals surface area contributed by atoms with Gasteiger partial charge >= 0.3 is 0 Å². The standard InChI is InChI=1S/C17H27BrN2/c1-12-6-4-5-7-17(12)20(3)15-9-8-14(10-13(2)19)16(18)11-15/h8-9,11-13,17H,4-7,10,19H2,1-3H3. The highest BCUT2D eigenvalue weighted by Crippen LogP contribution is 2.32. The third-order valence-electron chi connectivity index (χ3n) is 4.55. The summed E-state index contributed by atoms with van der Waals surface area (Å²) in [7, 11) is 2.24. The molecule has 0 amide bonds. The highest BCUT2D eigenvalue weighted by atomic mass is 79.9. The summed E-state index contributed by atoms with van der Waals surface area (Å²) in [6, 6.07) is 7.58. The van der Waals surface area contributed by atoms with E-state index in [1.54, 1.807) is 0 Å². The molecule has 3 unspecified atom stereocenters. The molecule has 1 saturated carbocycles. The lowest BCUT2D eigenvalue weighted by atomic mass is 9.85. The minimum absolute atomic E-state index is 0.202. The van der Waals surface area contributed by atoms with E-state index in [1.165, 1.54) is 41.4 Å². The SMILES string of the molecule is CC(N)Cc1ccc(N(C)C2CCCCC2C)cc1Br. The second-order valence-corrected chi connectivity index (χ2v) is 7.25. The molecule has 0 aliphatic heterocycles. The molecule has 3 atom stereocenters. The number of hydrogen-bond acceptors (Lipinski definition) is 2. The van der Waals surface area contributed by atoms with Crippen LogP contribution < -0.4 is 10.6 Å². The van der Waals surface area contributed by atoms with Gasteiger partial charge in [-0.15, -0.1) is 0 Å². The summed E-state index contributed by atoms with van der Waals surface area (Å²) in [5.41, 5.74) is 8.50. The van der Waals surface area contributed by atoms with E-state index in [-0.39, 0.29) is 6.04 Å². The first-order valence-electron chi connectivity index (χ1n) is 7.76. The highest BCUT2D eigenvalue weighted by molar-refractivity contribution is 9.10. The van der Waals surface area contributed by atoms with Crippen molar-refractivity contribution in [3.63, 3.8) is 0 Å². The van der Waals surface area contributed by atoms with Gasteiger partial charge < -0.3 is 10.6 Å². The van der Waals surface area contributed by atoms with Gasteiger partial charge in [0.1, 0.15) is 0 Å². The highest BCUT2D eigenvalue weighted by Gasteiger charge is 2.25. The third kappa shape index (κ3) is 3.76. The molecule has 0 radical (unpaired) electrons. The van der Waals surface area contributed by atoms with Crippen molar-refractivity contribution in [2.24, 2.45) is 11.7 Å². The molecule has 1 fully saturated rings. The van der Waals surface area contributed by atoms with Gasteiger partial charge in [-0.25, -0.2) is 0 Å². The van der Waals surface area contributed by atoms with Crippen molar-refractivity contribution in [3.8, 4) is 0 Å². The Kier molecular flexibility index (Phi) is 5.50. The lowest BCUT2D eigenvalue weighted by molar-refractivity contribution is 0.321. The van der Waals surface area contributed by atoms with Crippen LogP contribution in [0, 0.1) is 5.92 Å². The average Bonchev–Trinajstić information content (AvgIpc) is 2.40. The Bertz CT molecular complexity index is 445. The number of anilines is 1. The molecule has 2 rings (SSSR count). The first kappa shape index (κ1) is 15.8. The molecule has 20 heavy (non-hydrogen) atoms. The van der Waals surface area contributed by atoms with Crippen LogP contribution in [-0.2, 0) is 6.42 Å². The van der Waals surface area contributed by atoms with Crippen LogP contribution in [0.5, 0.6) is 0 Å². The predicted octanol–water partition coefficient (Wildman–Crippen LogP) is 4.35. The molecule has 0 spiro atoms. The lowest BCUT2D eigenvalue weighted by Crippen LogP contribution is -2.39. The van der Waals surface area contributed by atoms with Gasteiger partial charge in [-0.3, -0.25) is 0 Å². The lowest BCUT2D eigenvalue weighted by Gasteiger charge is -2.38. The topological polar surface area (TPSA) is 29.3 Å². The molecule has 1 aliphatic carbocycles. The Morgan fingerprint density at radius 1 is 1.35 bits per heavy atom. The van der Waals surface area contributed by atoms with Crippen molar-refractivity contribution in [2.75, 3.05) is 11.9 Å². The fourth-order valence-corrected chi connectivity index (χ4v) is 3.86. The predicted molar refractivity (Wildman–Crippen MR) is 91.3 cm³/mol. The molecule has 1 aliphatic rings. The molecule has 2 nitrogen and oxygen atoms in total. The van der Waals surface area contributed by atoms with E-state index in [4.69, 9.17) is 5.73 Å². The Balaban J connectivity index is 2.14. The van der Waals surface area contributed by atoms with Crippen molar-refractivity contribution in [1.29, 1.82) is 0 Å². The van der Waals surface area contributed by atoms with Crippen LogP contribution in [0.15, 0.2) is 22.7 Å². The van der Waals surface area contributed by atoms with E-state index in [2.05, 4.69) is 59.9 Å². The fourth-order valence-electron chi connectivity index (χ4n) is 3.33. The van der Waals surface area contributed by atoms with Crippen LogP contribution in [0.1, 0.15) is 45.1 Å². The van der Waals surface area contributed by atoms with Crippen LogP contribution >= 0.6 is 15.9 Å². The second-order valence-electron chi connectivity index (χ2n) is 6.40. The minimum atomic E-state index is 0.202. The Labute approximate surface area is 131 Å². The van der Waals surface area contributed by atoms with Crippen molar-refractivity contribution in [3.05, 3.63) is 28.2 Å². The molecule has 0 aromatic heterocycles.